The van der Waals surface area contributed by atoms with E-state index >= 15 is 0 Å². The van der Waals surface area contributed by atoms with Crippen LogP contribution in [0.2, 0.25) is 0 Å². The summed E-state index contributed by atoms with van der Waals surface area (Å²) in [6, 6.07) is 5.12. The van der Waals surface area contributed by atoms with Crippen molar-refractivity contribution in [1.29, 1.82) is 0 Å². The number of rotatable bonds is 5. The van der Waals surface area contributed by atoms with Crippen molar-refractivity contribution < 1.29 is 19.1 Å². The third kappa shape index (κ3) is 7.08. The fourth-order valence-corrected chi connectivity index (χ4v) is 4.24. The molecule has 33 heavy (non-hydrogen) atoms. The molecule has 184 valence electrons. The maximum atomic E-state index is 13.3. The molecule has 0 spiro atoms. The van der Waals surface area contributed by atoms with Gasteiger partial charge in [0.1, 0.15) is 12.4 Å². The lowest BCUT2D eigenvalue weighted by Gasteiger charge is -2.36. The van der Waals surface area contributed by atoms with Gasteiger partial charge in [-0.25, -0.2) is 4.79 Å². The summed E-state index contributed by atoms with van der Waals surface area (Å²) in [7, 11) is 3.51. The van der Waals surface area contributed by atoms with Crippen LogP contribution in [0.1, 0.15) is 50.9 Å². The number of nitrogens with zero attached hydrogens (tertiary/aromatic N) is 2. The lowest BCUT2D eigenvalue weighted by molar-refractivity contribution is 0.00994. The fraction of sp³-hybridized carbons (Fsp3) is 0.680. The Hall–Kier alpha value is -2.32. The number of hydrogen-bond acceptors (Lipinski definition) is 5. The van der Waals surface area contributed by atoms with Gasteiger partial charge in [0.25, 0.3) is 5.91 Å². The zero-order valence-electron chi connectivity index (χ0n) is 20.9. The van der Waals surface area contributed by atoms with Gasteiger partial charge in [-0.15, -0.1) is 0 Å². The highest BCUT2D eigenvalue weighted by Gasteiger charge is 2.31. The van der Waals surface area contributed by atoms with Crippen LogP contribution in [0.15, 0.2) is 18.2 Å². The molecule has 1 heterocycles. The first-order valence-corrected chi connectivity index (χ1v) is 12.0. The predicted octanol–water partition coefficient (Wildman–Crippen LogP) is 3.43. The minimum Gasteiger partial charge on any atom is -0.491 e. The van der Waals surface area contributed by atoms with Gasteiger partial charge in [0.05, 0.1) is 11.7 Å². The van der Waals surface area contributed by atoms with Crippen molar-refractivity contribution in [2.24, 2.45) is 11.8 Å². The number of ether oxygens (including phenoxy) is 2. The molecule has 3 amide bonds. The van der Waals surface area contributed by atoms with E-state index in [0.717, 1.165) is 19.0 Å². The molecule has 3 atom stereocenters. The number of hydrogen-bond donors (Lipinski definition) is 2. The number of nitrogens with one attached hydrogen (secondary N) is 2. The number of urea groups is 1. The van der Waals surface area contributed by atoms with E-state index in [9.17, 15) is 9.59 Å². The van der Waals surface area contributed by atoms with E-state index in [1.807, 2.05) is 13.8 Å². The first-order valence-electron chi connectivity index (χ1n) is 12.0. The standard InChI is InChI=1S/C25H40N4O4/c1-16(2)26-25(31)27-20-9-10-21-22(11-20)33-15-18(4)29(13-19-7-8-19)12-17(3)23(32-6)14-28(5)24(21)30/h9-11,16-19,23H,7-8,12-15H2,1-6H3,(H2,26,27,31)/t17-,18+,23+/m1/s1. The number of fused-ring (bicyclic) bond motifs is 1. The molecule has 1 aliphatic carbocycles. The Morgan fingerprint density at radius 2 is 1.97 bits per heavy atom. The van der Waals surface area contributed by atoms with Gasteiger partial charge in [0, 0.05) is 57.6 Å². The highest BCUT2D eigenvalue weighted by Crippen LogP contribution is 2.32. The zero-order chi connectivity index (χ0) is 24.1. The van der Waals surface area contributed by atoms with Crippen LogP contribution in [0.4, 0.5) is 10.5 Å². The van der Waals surface area contributed by atoms with Crippen LogP contribution < -0.4 is 15.4 Å². The van der Waals surface area contributed by atoms with Crippen molar-refractivity contribution in [3.8, 4) is 5.75 Å². The summed E-state index contributed by atoms with van der Waals surface area (Å²) in [5.41, 5.74) is 1.07. The van der Waals surface area contributed by atoms with Gasteiger partial charge < -0.3 is 25.0 Å². The minimum absolute atomic E-state index is 0.0233. The summed E-state index contributed by atoms with van der Waals surface area (Å²) in [6.45, 7) is 11.1. The van der Waals surface area contributed by atoms with Gasteiger partial charge in [0.15, 0.2) is 0 Å². The maximum absolute atomic E-state index is 13.3. The van der Waals surface area contributed by atoms with Crippen molar-refractivity contribution in [3.05, 3.63) is 23.8 Å². The molecule has 1 aliphatic heterocycles. The normalized spacial score (nSPS) is 25.0. The number of methoxy groups -OCH3 is 1. The van der Waals surface area contributed by atoms with Gasteiger partial charge in [-0.3, -0.25) is 9.69 Å². The second-order valence-corrected chi connectivity index (χ2v) is 9.96. The SMILES string of the molecule is CO[C@H]1CN(C)C(=O)c2ccc(NC(=O)NC(C)C)cc2OC[C@H](C)N(CC2CC2)C[C@H]1C. The third-order valence-corrected chi connectivity index (χ3v) is 6.44. The number of amides is 3. The summed E-state index contributed by atoms with van der Waals surface area (Å²) in [4.78, 5) is 29.6. The third-order valence-electron chi connectivity index (χ3n) is 6.44. The average molecular weight is 461 g/mol. The average Bonchev–Trinajstić information content (AvgIpc) is 3.57. The molecule has 0 saturated heterocycles. The van der Waals surface area contributed by atoms with E-state index in [2.05, 4.69) is 29.4 Å². The van der Waals surface area contributed by atoms with E-state index in [4.69, 9.17) is 9.47 Å². The molecule has 2 N–H and O–H groups in total. The van der Waals surface area contributed by atoms with Crippen LogP contribution in [0.5, 0.6) is 5.75 Å². The van der Waals surface area contributed by atoms with E-state index < -0.39 is 0 Å². The monoisotopic (exact) mass is 460 g/mol. The van der Waals surface area contributed by atoms with Crippen molar-refractivity contribution >= 4 is 17.6 Å². The number of likely N-dealkylation sites (N-methyl/N-ethyl adjacent to an activating group) is 1. The predicted molar refractivity (Wildman–Crippen MR) is 130 cm³/mol. The van der Waals surface area contributed by atoms with Gasteiger partial charge in [0.2, 0.25) is 0 Å². The molecule has 8 nitrogen and oxygen atoms in total. The molecular weight excluding hydrogens is 420 g/mol. The Labute approximate surface area is 198 Å². The van der Waals surface area contributed by atoms with Crippen LogP contribution in [0, 0.1) is 11.8 Å². The molecule has 0 unspecified atom stereocenters. The molecule has 1 aromatic rings. The smallest absolute Gasteiger partial charge is 0.319 e. The van der Waals surface area contributed by atoms with Crippen LogP contribution >= 0.6 is 0 Å². The largest absolute Gasteiger partial charge is 0.491 e. The Balaban J connectivity index is 1.88. The summed E-state index contributed by atoms with van der Waals surface area (Å²) in [5.74, 6) is 1.40. The summed E-state index contributed by atoms with van der Waals surface area (Å²) < 4.78 is 12.0. The maximum Gasteiger partial charge on any atom is 0.319 e. The Morgan fingerprint density at radius 3 is 2.61 bits per heavy atom. The van der Waals surface area contributed by atoms with Gasteiger partial charge in [-0.2, -0.15) is 0 Å². The van der Waals surface area contributed by atoms with E-state index in [-0.39, 0.29) is 36.0 Å². The second kappa shape index (κ2) is 11.2. The van der Waals surface area contributed by atoms with Gasteiger partial charge >= 0.3 is 6.03 Å². The minimum atomic E-state index is -0.289. The van der Waals surface area contributed by atoms with Crippen LogP contribution in [-0.4, -0.2) is 80.3 Å². The molecular formula is C25H40N4O4. The molecule has 2 aliphatic rings. The molecule has 8 heteroatoms. The lowest BCUT2D eigenvalue weighted by atomic mass is 10.0. The summed E-state index contributed by atoms with van der Waals surface area (Å²) in [5, 5.41) is 5.64. The molecule has 0 bridgehead atoms. The molecule has 1 saturated carbocycles. The van der Waals surface area contributed by atoms with Crippen LogP contribution in [0.25, 0.3) is 0 Å². The van der Waals surface area contributed by atoms with Crippen LogP contribution in [-0.2, 0) is 4.74 Å². The molecule has 1 fully saturated rings. The number of benzene rings is 1. The van der Waals surface area contributed by atoms with Crippen LogP contribution in [0.3, 0.4) is 0 Å². The molecule has 3 rings (SSSR count). The van der Waals surface area contributed by atoms with E-state index in [1.54, 1.807) is 37.3 Å². The van der Waals surface area contributed by atoms with Gasteiger partial charge in [-0.1, -0.05) is 6.92 Å². The fourth-order valence-electron chi connectivity index (χ4n) is 4.24. The van der Waals surface area contributed by atoms with Crippen molar-refractivity contribution in [2.45, 2.75) is 58.7 Å². The first-order chi connectivity index (χ1) is 15.7. The Bertz CT molecular complexity index is 827. The molecule has 1 aromatic carbocycles. The zero-order valence-corrected chi connectivity index (χ0v) is 20.9. The van der Waals surface area contributed by atoms with Crippen molar-refractivity contribution in [1.82, 2.24) is 15.1 Å². The quantitative estimate of drug-likeness (QED) is 0.703. The van der Waals surface area contributed by atoms with E-state index in [0.29, 0.717) is 30.2 Å². The van der Waals surface area contributed by atoms with Crippen molar-refractivity contribution in [2.75, 3.05) is 45.7 Å². The number of carbonyl (C=O) groups excluding carboxylic acids is 2. The summed E-state index contributed by atoms with van der Waals surface area (Å²) in [6.07, 6.45) is 2.52. The molecule has 0 radical (unpaired) electrons. The highest BCUT2D eigenvalue weighted by molar-refractivity contribution is 5.98. The molecule has 0 aromatic heterocycles. The topological polar surface area (TPSA) is 83.1 Å². The first kappa shape index (κ1) is 25.3. The summed E-state index contributed by atoms with van der Waals surface area (Å²) >= 11 is 0. The Kier molecular flexibility index (Phi) is 8.59. The number of anilines is 1. The lowest BCUT2D eigenvalue weighted by Crippen LogP contribution is -2.47. The number of carbonyl (C=O) groups is 2. The Morgan fingerprint density at radius 1 is 1.24 bits per heavy atom. The van der Waals surface area contributed by atoms with Gasteiger partial charge in [-0.05, 0) is 57.6 Å². The second-order valence-electron chi connectivity index (χ2n) is 9.96. The highest BCUT2D eigenvalue weighted by atomic mass is 16.5. The van der Waals surface area contributed by atoms with E-state index in [1.165, 1.54) is 12.8 Å². The van der Waals surface area contributed by atoms with Crippen molar-refractivity contribution in [3.63, 3.8) is 0 Å².